The number of amides is 1. The number of hydrogen-bond acceptors (Lipinski definition) is 5. The lowest BCUT2D eigenvalue weighted by atomic mass is 10.2. The molecule has 3 heterocycles. The zero-order chi connectivity index (χ0) is 22.2. The summed E-state index contributed by atoms with van der Waals surface area (Å²) in [6, 6.07) is 9.62. The monoisotopic (exact) mass is 505 g/mol. The first-order valence-electron chi connectivity index (χ1n) is 9.01. The molecule has 0 radical (unpaired) electrons. The van der Waals surface area contributed by atoms with Gasteiger partial charge in [-0.2, -0.15) is 18.3 Å². The molecule has 1 aliphatic rings. The van der Waals surface area contributed by atoms with Crippen molar-refractivity contribution in [3.05, 3.63) is 63.1 Å². The fourth-order valence-corrected chi connectivity index (χ4v) is 4.01. The van der Waals surface area contributed by atoms with Crippen LogP contribution in [0.3, 0.4) is 0 Å². The summed E-state index contributed by atoms with van der Waals surface area (Å²) in [7, 11) is 0. The van der Waals surface area contributed by atoms with Crippen molar-refractivity contribution >= 4 is 53.0 Å². The number of hydrogen-bond donors (Lipinski definition) is 2. The largest absolute Gasteiger partial charge is 0.463 e. The number of ether oxygens (including phenoxy) is 1. The Kier molecular flexibility index (Phi) is 7.01. The van der Waals surface area contributed by atoms with Crippen molar-refractivity contribution in [1.82, 2.24) is 15.1 Å². The highest BCUT2D eigenvalue weighted by Gasteiger charge is 2.37. The van der Waals surface area contributed by atoms with E-state index >= 15 is 0 Å². The molecule has 1 aromatic carbocycles. The van der Waals surface area contributed by atoms with E-state index in [4.69, 9.17) is 21.7 Å². The van der Waals surface area contributed by atoms with Gasteiger partial charge in [0, 0.05) is 24.0 Å². The SMILES string of the molecule is Cl.N=C1OCCN1c1ccc(-n2cc(CNC(=O)c3ccc(Cl)s3)c(C(F)(F)F)n2)cc1. The molecular weight excluding hydrogens is 490 g/mol. The average molecular weight is 506 g/mol. The van der Waals surface area contributed by atoms with Crippen LogP contribution in [0.15, 0.2) is 42.6 Å². The van der Waals surface area contributed by atoms with Gasteiger partial charge in [0.15, 0.2) is 5.69 Å². The highest BCUT2D eigenvalue weighted by Crippen LogP contribution is 2.32. The zero-order valence-corrected chi connectivity index (χ0v) is 18.5. The molecule has 0 aliphatic carbocycles. The molecule has 0 spiro atoms. The Balaban J connectivity index is 0.00000289. The number of anilines is 1. The van der Waals surface area contributed by atoms with E-state index in [0.29, 0.717) is 33.7 Å². The van der Waals surface area contributed by atoms with Crippen LogP contribution >= 0.6 is 35.3 Å². The molecule has 2 N–H and O–H groups in total. The highest BCUT2D eigenvalue weighted by molar-refractivity contribution is 7.17. The maximum Gasteiger partial charge on any atom is 0.435 e. The molecule has 1 saturated heterocycles. The Hall–Kier alpha value is -2.76. The van der Waals surface area contributed by atoms with Crippen LogP contribution in [0.4, 0.5) is 18.9 Å². The molecule has 1 aliphatic heterocycles. The van der Waals surface area contributed by atoms with Gasteiger partial charge < -0.3 is 10.1 Å². The minimum Gasteiger partial charge on any atom is -0.463 e. The molecule has 170 valence electrons. The van der Waals surface area contributed by atoms with Gasteiger partial charge in [-0.05, 0) is 36.4 Å². The van der Waals surface area contributed by atoms with Gasteiger partial charge in [-0.3, -0.25) is 15.1 Å². The van der Waals surface area contributed by atoms with Crippen molar-refractivity contribution in [3.8, 4) is 5.69 Å². The Morgan fingerprint density at radius 1 is 1.22 bits per heavy atom. The number of alkyl halides is 3. The number of nitrogens with zero attached hydrogens (tertiary/aromatic N) is 3. The second-order valence-electron chi connectivity index (χ2n) is 6.55. The van der Waals surface area contributed by atoms with E-state index in [2.05, 4.69) is 10.4 Å². The number of thiophene rings is 1. The number of amidine groups is 1. The Morgan fingerprint density at radius 3 is 2.47 bits per heavy atom. The fraction of sp³-hybridized carbons (Fsp3) is 0.211. The lowest BCUT2D eigenvalue weighted by Crippen LogP contribution is -2.23. The summed E-state index contributed by atoms with van der Waals surface area (Å²) >= 11 is 6.83. The zero-order valence-electron chi connectivity index (χ0n) is 16.1. The lowest BCUT2D eigenvalue weighted by molar-refractivity contribution is -0.142. The van der Waals surface area contributed by atoms with Crippen molar-refractivity contribution in [2.24, 2.45) is 0 Å². The first kappa shape index (κ1) is 23.9. The van der Waals surface area contributed by atoms with Crippen LogP contribution in [0, 0.1) is 5.41 Å². The van der Waals surface area contributed by atoms with Crippen molar-refractivity contribution < 1.29 is 22.7 Å². The van der Waals surface area contributed by atoms with Gasteiger partial charge in [0.1, 0.15) is 6.61 Å². The first-order chi connectivity index (χ1) is 14.7. The van der Waals surface area contributed by atoms with E-state index in [9.17, 15) is 18.0 Å². The molecule has 32 heavy (non-hydrogen) atoms. The van der Waals surface area contributed by atoms with Gasteiger partial charge in [-0.15, -0.1) is 23.7 Å². The number of aromatic nitrogens is 2. The normalized spacial score (nSPS) is 13.6. The first-order valence-corrected chi connectivity index (χ1v) is 10.2. The van der Waals surface area contributed by atoms with E-state index in [-0.39, 0.29) is 30.5 Å². The van der Waals surface area contributed by atoms with Crippen molar-refractivity contribution in [1.29, 1.82) is 5.41 Å². The van der Waals surface area contributed by atoms with Crippen molar-refractivity contribution in [3.63, 3.8) is 0 Å². The molecular formula is C19H16Cl2F3N5O2S. The van der Waals surface area contributed by atoms with Gasteiger partial charge in [0.2, 0.25) is 0 Å². The second kappa shape index (κ2) is 9.39. The molecule has 2 aromatic heterocycles. The van der Waals surface area contributed by atoms with Crippen LogP contribution in [0.1, 0.15) is 20.9 Å². The maximum absolute atomic E-state index is 13.5. The number of nitrogens with one attached hydrogen (secondary N) is 2. The number of carbonyl (C=O) groups is 1. The Bertz CT molecular complexity index is 1130. The summed E-state index contributed by atoms with van der Waals surface area (Å²) in [5, 5.41) is 13.9. The molecule has 0 saturated carbocycles. The average Bonchev–Trinajstić information content (AvgIpc) is 3.45. The summed E-state index contributed by atoms with van der Waals surface area (Å²) in [6.07, 6.45) is -3.44. The molecule has 13 heteroatoms. The predicted octanol–water partition coefficient (Wildman–Crippen LogP) is 4.73. The van der Waals surface area contributed by atoms with Gasteiger partial charge in [-0.1, -0.05) is 11.6 Å². The van der Waals surface area contributed by atoms with Crippen LogP contribution in [-0.2, 0) is 17.5 Å². The molecule has 3 aromatic rings. The lowest BCUT2D eigenvalue weighted by Gasteiger charge is -2.15. The van der Waals surface area contributed by atoms with Crippen LogP contribution in [0.25, 0.3) is 5.69 Å². The molecule has 0 bridgehead atoms. The minimum absolute atomic E-state index is 0. The number of halogens is 5. The molecule has 7 nitrogen and oxygen atoms in total. The number of carbonyl (C=O) groups excluding carboxylic acids is 1. The molecule has 4 rings (SSSR count). The summed E-state index contributed by atoms with van der Waals surface area (Å²) in [5.74, 6) is -0.516. The summed E-state index contributed by atoms with van der Waals surface area (Å²) in [4.78, 5) is 14.1. The van der Waals surface area contributed by atoms with Crippen molar-refractivity contribution in [2.75, 3.05) is 18.1 Å². The van der Waals surface area contributed by atoms with Gasteiger partial charge in [0.05, 0.1) is 21.4 Å². The quantitative estimate of drug-likeness (QED) is 0.525. The fourth-order valence-electron chi connectivity index (χ4n) is 3.05. The summed E-state index contributed by atoms with van der Waals surface area (Å²) in [5.41, 5.74) is -0.141. The minimum atomic E-state index is -4.68. The maximum atomic E-state index is 13.5. The standard InChI is InChI=1S/C19H15ClF3N5O2S.ClH/c20-15-6-5-14(31-15)17(29)25-9-11-10-28(26-16(11)19(21,22)23)13-3-1-12(2-4-13)27-7-8-30-18(27)24;/h1-6,10,24H,7-9H2,(H,25,29);1H. The third-order valence-electron chi connectivity index (χ3n) is 4.52. The van der Waals surface area contributed by atoms with Crippen LogP contribution in [-0.4, -0.2) is 34.9 Å². The van der Waals surface area contributed by atoms with Crippen molar-refractivity contribution in [2.45, 2.75) is 12.7 Å². The van der Waals surface area contributed by atoms with Gasteiger partial charge >= 0.3 is 6.18 Å². The molecule has 0 atom stereocenters. The molecule has 1 fully saturated rings. The molecule has 1 amide bonds. The molecule has 0 unspecified atom stereocenters. The van der Waals surface area contributed by atoms with E-state index in [1.165, 1.54) is 12.3 Å². The third-order valence-corrected chi connectivity index (χ3v) is 5.75. The van der Waals surface area contributed by atoms with Gasteiger partial charge in [0.25, 0.3) is 11.9 Å². The highest BCUT2D eigenvalue weighted by atomic mass is 35.5. The topological polar surface area (TPSA) is 83.2 Å². The second-order valence-corrected chi connectivity index (χ2v) is 8.27. The predicted molar refractivity (Wildman–Crippen MR) is 117 cm³/mol. The Morgan fingerprint density at radius 2 is 1.91 bits per heavy atom. The number of rotatable bonds is 5. The van der Waals surface area contributed by atoms with E-state index in [0.717, 1.165) is 16.0 Å². The summed E-state index contributed by atoms with van der Waals surface area (Å²) in [6.45, 7) is 0.586. The summed E-state index contributed by atoms with van der Waals surface area (Å²) < 4.78 is 47.1. The van der Waals surface area contributed by atoms with Crippen LogP contribution < -0.4 is 10.2 Å². The van der Waals surface area contributed by atoms with E-state index in [1.807, 2.05) is 0 Å². The van der Waals surface area contributed by atoms with Crippen LogP contribution in [0.2, 0.25) is 4.34 Å². The van der Waals surface area contributed by atoms with Crippen LogP contribution in [0.5, 0.6) is 0 Å². The van der Waals surface area contributed by atoms with E-state index in [1.54, 1.807) is 35.2 Å². The smallest absolute Gasteiger partial charge is 0.435 e. The third kappa shape index (κ3) is 5.00. The van der Waals surface area contributed by atoms with E-state index < -0.39 is 17.8 Å². The van der Waals surface area contributed by atoms with Gasteiger partial charge in [-0.25, -0.2) is 4.68 Å². The number of benzene rings is 1. The Labute approximate surface area is 195 Å².